The van der Waals surface area contributed by atoms with Gasteiger partial charge in [-0.05, 0) is 35.3 Å². The molecule has 7 heteroatoms. The van der Waals surface area contributed by atoms with E-state index in [2.05, 4.69) is 11.8 Å². The predicted molar refractivity (Wildman–Crippen MR) is 86.5 cm³/mol. The fraction of sp³-hybridized carbons (Fsp3) is 0.176. The van der Waals surface area contributed by atoms with Gasteiger partial charge in [0, 0.05) is 11.1 Å². The number of phenolic OH excluding ortho intramolecular Hbond substituents is 1. The molecule has 1 aromatic carbocycles. The normalized spacial score (nSPS) is 18.1. The van der Waals surface area contributed by atoms with E-state index in [1.54, 1.807) is 0 Å². The maximum Gasteiger partial charge on any atom is 0.221 e. The molecular weight excluding hydrogens is 312 g/mol. The summed E-state index contributed by atoms with van der Waals surface area (Å²) < 4.78 is 0. The Bertz CT molecular complexity index is 814. The Labute approximate surface area is 137 Å². The first kappa shape index (κ1) is 17.3. The molecule has 0 aromatic heterocycles. The third-order valence-corrected chi connectivity index (χ3v) is 3.42. The van der Waals surface area contributed by atoms with Gasteiger partial charge in [-0.3, -0.25) is 4.79 Å². The van der Waals surface area contributed by atoms with Gasteiger partial charge in [-0.2, -0.15) is 0 Å². The van der Waals surface area contributed by atoms with Gasteiger partial charge < -0.3 is 31.6 Å². The van der Waals surface area contributed by atoms with E-state index in [0.29, 0.717) is 11.8 Å². The van der Waals surface area contributed by atoms with Crippen molar-refractivity contribution < 1.29 is 24.9 Å². The summed E-state index contributed by atoms with van der Waals surface area (Å²) in [4.78, 5) is 22.2. The van der Waals surface area contributed by atoms with Crippen molar-refractivity contribution in [2.24, 2.45) is 11.5 Å². The number of carbonyl (C=O) groups excluding carboxylic acids is 2. The van der Waals surface area contributed by atoms with E-state index >= 15 is 0 Å². The molecule has 1 unspecified atom stereocenters. The second kappa shape index (κ2) is 7.00. The van der Waals surface area contributed by atoms with E-state index in [1.807, 2.05) is 0 Å². The summed E-state index contributed by atoms with van der Waals surface area (Å²) in [6, 6.07) is 3.11. The number of primary amides is 1. The summed E-state index contributed by atoms with van der Waals surface area (Å²) in [5, 5.41) is 30.1. The minimum atomic E-state index is -1.23. The van der Waals surface area contributed by atoms with Gasteiger partial charge in [-0.15, -0.1) is 0 Å². The lowest BCUT2D eigenvalue weighted by Gasteiger charge is -2.17. The number of aldehydes is 1. The standard InChI is InChI=1S/C17H16N2O5/c18-13(8-20)11-7-10(21)2-4-15(23)17(11)12-5-9(6-16(19)24)1-3-14(12)22/h1,3,5,7-8,10,13,21-23H,6,18H2,(H2,19,24)/t10?,13-/m1/s1. The smallest absolute Gasteiger partial charge is 0.221 e. The van der Waals surface area contributed by atoms with Gasteiger partial charge in [0.25, 0.3) is 0 Å². The molecule has 24 heavy (non-hydrogen) atoms. The first-order valence-electron chi connectivity index (χ1n) is 7.00. The summed E-state index contributed by atoms with van der Waals surface area (Å²) >= 11 is 0. The van der Waals surface area contributed by atoms with Crippen LogP contribution < -0.4 is 11.5 Å². The van der Waals surface area contributed by atoms with Crippen molar-refractivity contribution in [2.75, 3.05) is 0 Å². The topological polar surface area (TPSA) is 147 Å². The number of rotatable bonds is 5. The molecule has 0 aliphatic heterocycles. The van der Waals surface area contributed by atoms with Crippen molar-refractivity contribution in [3.05, 3.63) is 46.7 Å². The van der Waals surface area contributed by atoms with Crippen LogP contribution in [0.15, 0.2) is 35.6 Å². The number of hydrogen-bond acceptors (Lipinski definition) is 6. The Morgan fingerprint density at radius 3 is 2.71 bits per heavy atom. The van der Waals surface area contributed by atoms with Crippen molar-refractivity contribution >= 4 is 17.8 Å². The molecule has 0 radical (unpaired) electrons. The minimum absolute atomic E-state index is 0.0162. The van der Waals surface area contributed by atoms with Gasteiger partial charge in [0.1, 0.15) is 18.1 Å². The zero-order valence-corrected chi connectivity index (χ0v) is 12.6. The molecule has 1 amide bonds. The monoisotopic (exact) mass is 328 g/mol. The molecule has 0 spiro atoms. The number of aromatic hydroxyl groups is 1. The molecule has 0 heterocycles. The Morgan fingerprint density at radius 2 is 2.08 bits per heavy atom. The van der Waals surface area contributed by atoms with Gasteiger partial charge in [0.05, 0.1) is 12.5 Å². The van der Waals surface area contributed by atoms with Crippen molar-refractivity contribution in [2.45, 2.75) is 18.6 Å². The second-order valence-electron chi connectivity index (χ2n) is 5.22. The van der Waals surface area contributed by atoms with E-state index in [0.717, 1.165) is 0 Å². The van der Waals surface area contributed by atoms with Gasteiger partial charge in [0.15, 0.2) is 5.76 Å². The SMILES string of the molecule is NC(=O)Cc1ccc(O)c(C2=C(O)C#CC(O)C=C2[C@H](N)C=O)c1. The Kier molecular flexibility index (Phi) is 5.04. The molecule has 0 saturated carbocycles. The third kappa shape index (κ3) is 3.63. The van der Waals surface area contributed by atoms with E-state index < -0.39 is 23.8 Å². The number of benzene rings is 1. The molecular formula is C17H16N2O5. The van der Waals surface area contributed by atoms with E-state index in [4.69, 9.17) is 11.5 Å². The molecule has 0 fully saturated rings. The summed E-state index contributed by atoms with van der Waals surface area (Å²) in [5.74, 6) is 3.47. The number of allylic oxidation sites excluding steroid dienone is 1. The average molecular weight is 328 g/mol. The largest absolute Gasteiger partial charge is 0.507 e. The second-order valence-corrected chi connectivity index (χ2v) is 5.22. The average Bonchev–Trinajstić information content (AvgIpc) is 2.67. The van der Waals surface area contributed by atoms with Crippen LogP contribution in [0.1, 0.15) is 11.1 Å². The number of carbonyl (C=O) groups is 2. The van der Waals surface area contributed by atoms with Crippen LogP contribution in [0.4, 0.5) is 0 Å². The molecule has 1 aliphatic carbocycles. The maximum atomic E-state index is 11.1. The first-order valence-corrected chi connectivity index (χ1v) is 7.00. The van der Waals surface area contributed by atoms with Crippen LogP contribution in [0, 0.1) is 11.8 Å². The van der Waals surface area contributed by atoms with E-state index in [-0.39, 0.29) is 28.9 Å². The third-order valence-electron chi connectivity index (χ3n) is 3.42. The number of hydrogen-bond donors (Lipinski definition) is 5. The maximum absolute atomic E-state index is 11.1. The van der Waals surface area contributed by atoms with Gasteiger partial charge in [-0.1, -0.05) is 12.0 Å². The molecule has 7 nitrogen and oxygen atoms in total. The zero-order chi connectivity index (χ0) is 17.9. The number of amides is 1. The molecule has 1 aliphatic rings. The van der Waals surface area contributed by atoms with Crippen LogP contribution in [-0.4, -0.2) is 39.7 Å². The molecule has 2 atom stereocenters. The zero-order valence-electron chi connectivity index (χ0n) is 12.6. The Hall–Kier alpha value is -3.08. The minimum Gasteiger partial charge on any atom is -0.507 e. The lowest BCUT2D eigenvalue weighted by atomic mass is 9.90. The fourth-order valence-electron chi connectivity index (χ4n) is 2.37. The fourth-order valence-corrected chi connectivity index (χ4v) is 2.37. The van der Waals surface area contributed by atoms with Gasteiger partial charge in [0.2, 0.25) is 5.91 Å². The Balaban J connectivity index is 2.66. The van der Waals surface area contributed by atoms with Crippen molar-refractivity contribution in [1.82, 2.24) is 0 Å². The lowest BCUT2D eigenvalue weighted by Crippen LogP contribution is -2.26. The van der Waals surface area contributed by atoms with Crippen LogP contribution in [-0.2, 0) is 16.0 Å². The highest BCUT2D eigenvalue weighted by molar-refractivity contribution is 5.91. The van der Waals surface area contributed by atoms with Gasteiger partial charge in [-0.25, -0.2) is 0 Å². The van der Waals surface area contributed by atoms with Crippen molar-refractivity contribution in [3.63, 3.8) is 0 Å². The quantitative estimate of drug-likeness (QED) is 0.364. The van der Waals surface area contributed by atoms with Crippen LogP contribution in [0.5, 0.6) is 5.75 Å². The number of aliphatic hydroxyl groups is 2. The van der Waals surface area contributed by atoms with Crippen LogP contribution in [0.2, 0.25) is 0 Å². The summed E-state index contributed by atoms with van der Waals surface area (Å²) in [5.41, 5.74) is 11.6. The van der Waals surface area contributed by atoms with Crippen molar-refractivity contribution in [1.29, 1.82) is 0 Å². The van der Waals surface area contributed by atoms with E-state index in [1.165, 1.54) is 24.3 Å². The van der Waals surface area contributed by atoms with Crippen LogP contribution >= 0.6 is 0 Å². The van der Waals surface area contributed by atoms with Gasteiger partial charge >= 0.3 is 0 Å². The lowest BCUT2D eigenvalue weighted by molar-refractivity contribution is -0.117. The molecule has 1 aromatic rings. The summed E-state index contributed by atoms with van der Waals surface area (Å²) in [7, 11) is 0. The van der Waals surface area contributed by atoms with Crippen LogP contribution in [0.3, 0.4) is 0 Å². The summed E-state index contributed by atoms with van der Waals surface area (Å²) in [6.07, 6.45) is 0.349. The predicted octanol–water partition coefficient (Wildman–Crippen LogP) is -0.480. The molecule has 0 bridgehead atoms. The number of aliphatic hydroxyl groups excluding tert-OH is 2. The highest BCUT2D eigenvalue weighted by Crippen LogP contribution is 2.35. The number of nitrogens with two attached hydrogens (primary N) is 2. The molecule has 124 valence electrons. The first-order chi connectivity index (χ1) is 11.3. The molecule has 7 N–H and O–H groups in total. The molecule has 2 rings (SSSR count). The highest BCUT2D eigenvalue weighted by Gasteiger charge is 2.24. The Morgan fingerprint density at radius 1 is 1.38 bits per heavy atom. The highest BCUT2D eigenvalue weighted by atomic mass is 16.3. The number of phenols is 1. The molecule has 0 saturated heterocycles. The summed E-state index contributed by atoms with van der Waals surface area (Å²) in [6.45, 7) is 0. The van der Waals surface area contributed by atoms with Crippen molar-refractivity contribution in [3.8, 4) is 17.6 Å². The van der Waals surface area contributed by atoms with E-state index in [9.17, 15) is 24.9 Å². The van der Waals surface area contributed by atoms with Crippen LogP contribution in [0.25, 0.3) is 5.57 Å².